The van der Waals surface area contributed by atoms with Crippen LogP contribution in [0.25, 0.3) is 0 Å². The van der Waals surface area contributed by atoms with Gasteiger partial charge in [-0.25, -0.2) is 4.79 Å². The molecule has 2 rings (SSSR count). The van der Waals surface area contributed by atoms with E-state index < -0.39 is 6.03 Å². The largest absolute Gasteiger partial charge is 0.494 e. The van der Waals surface area contributed by atoms with E-state index in [-0.39, 0.29) is 6.73 Å². The molecule has 0 aliphatic heterocycles. The summed E-state index contributed by atoms with van der Waals surface area (Å²) in [4.78, 5) is 11.7. The minimum atomic E-state index is -0.406. The Labute approximate surface area is 139 Å². The molecule has 2 amide bonds. The van der Waals surface area contributed by atoms with E-state index in [9.17, 15) is 4.79 Å². The molecule has 2 aromatic carbocycles. The third-order valence-corrected chi connectivity index (χ3v) is 3.19. The number of benzene rings is 2. The van der Waals surface area contributed by atoms with Crippen molar-refractivity contribution in [1.29, 1.82) is 0 Å². The molecule has 0 unspecified atom stereocenters. The summed E-state index contributed by atoms with van der Waals surface area (Å²) in [5.41, 5.74) is 6.60. The van der Waals surface area contributed by atoms with Gasteiger partial charge >= 0.3 is 6.03 Å². The topological polar surface area (TPSA) is 85.6 Å². The minimum Gasteiger partial charge on any atom is -0.494 e. The first-order valence-corrected chi connectivity index (χ1v) is 7.42. The van der Waals surface area contributed by atoms with Crippen molar-refractivity contribution in [2.24, 2.45) is 0 Å². The Morgan fingerprint density at radius 2 is 1.78 bits per heavy atom. The lowest BCUT2D eigenvalue weighted by molar-refractivity contribution is 0.234. The number of carbonyl (C=O) groups excluding carboxylic acids is 1. The molecule has 0 aliphatic rings. The predicted octanol–water partition coefficient (Wildman–Crippen LogP) is 3.48. The second-order valence-corrected chi connectivity index (χ2v) is 4.97. The summed E-state index contributed by atoms with van der Waals surface area (Å²) in [6.45, 7) is 2.56. The van der Waals surface area contributed by atoms with E-state index in [1.54, 1.807) is 42.5 Å². The molecule has 122 valence electrons. The zero-order chi connectivity index (χ0) is 16.7. The highest BCUT2D eigenvalue weighted by atomic mass is 35.5. The number of rotatable bonds is 6. The molecule has 2 aromatic rings. The van der Waals surface area contributed by atoms with Gasteiger partial charge in [0.2, 0.25) is 0 Å². The number of anilines is 2. The highest BCUT2D eigenvalue weighted by Crippen LogP contribution is 2.22. The fourth-order valence-electron chi connectivity index (χ4n) is 1.76. The monoisotopic (exact) mass is 335 g/mol. The van der Waals surface area contributed by atoms with Crippen molar-refractivity contribution < 1.29 is 14.3 Å². The van der Waals surface area contributed by atoms with Crippen molar-refractivity contribution in [2.45, 2.75) is 6.92 Å². The highest BCUT2D eigenvalue weighted by Gasteiger charge is 2.04. The lowest BCUT2D eigenvalue weighted by Gasteiger charge is -2.10. The Kier molecular flexibility index (Phi) is 5.94. The number of nitrogens with two attached hydrogens (primary N) is 1. The average molecular weight is 336 g/mol. The summed E-state index contributed by atoms with van der Waals surface area (Å²) >= 11 is 5.89. The smallest absolute Gasteiger partial charge is 0.321 e. The van der Waals surface area contributed by atoms with Crippen LogP contribution >= 0.6 is 11.6 Å². The van der Waals surface area contributed by atoms with E-state index >= 15 is 0 Å². The Morgan fingerprint density at radius 1 is 1.13 bits per heavy atom. The first-order chi connectivity index (χ1) is 11.1. The second kappa shape index (κ2) is 8.14. The van der Waals surface area contributed by atoms with Crippen molar-refractivity contribution in [1.82, 2.24) is 5.32 Å². The molecule has 0 aliphatic carbocycles. The molecule has 0 saturated heterocycles. The van der Waals surface area contributed by atoms with Crippen molar-refractivity contribution in [3.8, 4) is 11.5 Å². The maximum Gasteiger partial charge on any atom is 0.321 e. The molecule has 0 aromatic heterocycles. The Morgan fingerprint density at radius 3 is 2.39 bits per heavy atom. The summed E-state index contributed by atoms with van der Waals surface area (Å²) in [5, 5.41) is 5.59. The Bertz CT molecular complexity index is 662. The number of urea groups is 1. The second-order valence-electron chi connectivity index (χ2n) is 4.56. The molecule has 0 radical (unpaired) electrons. The fourth-order valence-corrected chi connectivity index (χ4v) is 1.94. The van der Waals surface area contributed by atoms with Crippen LogP contribution in [0.4, 0.5) is 16.2 Å². The number of hydrogen-bond acceptors (Lipinski definition) is 4. The van der Waals surface area contributed by atoms with Crippen LogP contribution in [0.15, 0.2) is 42.5 Å². The number of carbonyl (C=O) groups is 1. The van der Waals surface area contributed by atoms with Gasteiger partial charge in [0.1, 0.15) is 11.5 Å². The predicted molar refractivity (Wildman–Crippen MR) is 91.1 cm³/mol. The van der Waals surface area contributed by atoms with Crippen LogP contribution in [0.1, 0.15) is 6.92 Å². The molecule has 0 atom stereocenters. The van der Waals surface area contributed by atoms with Gasteiger partial charge in [0.25, 0.3) is 0 Å². The van der Waals surface area contributed by atoms with E-state index in [2.05, 4.69) is 10.6 Å². The normalized spacial score (nSPS) is 10.0. The maximum atomic E-state index is 11.7. The minimum absolute atomic E-state index is 0.0303. The third-order valence-electron chi connectivity index (χ3n) is 2.86. The third kappa shape index (κ3) is 5.27. The summed E-state index contributed by atoms with van der Waals surface area (Å²) in [5.74, 6) is 1.40. The van der Waals surface area contributed by atoms with Gasteiger partial charge in [0.15, 0.2) is 6.73 Å². The number of amides is 2. The van der Waals surface area contributed by atoms with Gasteiger partial charge in [0, 0.05) is 5.69 Å². The zero-order valence-corrected chi connectivity index (χ0v) is 13.4. The van der Waals surface area contributed by atoms with E-state index in [0.29, 0.717) is 28.8 Å². The van der Waals surface area contributed by atoms with Crippen LogP contribution in [0.2, 0.25) is 5.02 Å². The van der Waals surface area contributed by atoms with Gasteiger partial charge in [-0.3, -0.25) is 0 Å². The molecular weight excluding hydrogens is 318 g/mol. The van der Waals surface area contributed by atoms with Gasteiger partial charge in [0.05, 0.1) is 17.3 Å². The standard InChI is InChI=1S/C16H18ClN3O3/c1-2-22-12-4-6-13(7-5-12)23-10-19-16(21)20-11-3-8-15(18)14(17)9-11/h3-9H,2,10,18H2,1H3,(H2,19,20,21). The summed E-state index contributed by atoms with van der Waals surface area (Å²) < 4.78 is 10.7. The van der Waals surface area contributed by atoms with Crippen molar-refractivity contribution in [3.63, 3.8) is 0 Å². The number of ether oxygens (including phenoxy) is 2. The average Bonchev–Trinajstić information content (AvgIpc) is 2.53. The molecule has 23 heavy (non-hydrogen) atoms. The van der Waals surface area contributed by atoms with Crippen LogP contribution < -0.4 is 25.8 Å². The number of halogens is 1. The molecule has 0 bridgehead atoms. The first kappa shape index (κ1) is 16.8. The number of nitrogen functional groups attached to an aromatic ring is 1. The molecule has 0 heterocycles. The van der Waals surface area contributed by atoms with Crippen LogP contribution in [-0.2, 0) is 0 Å². The molecule has 6 nitrogen and oxygen atoms in total. The van der Waals surface area contributed by atoms with Gasteiger partial charge in [-0.15, -0.1) is 0 Å². The summed E-state index contributed by atoms with van der Waals surface area (Å²) in [6, 6.07) is 11.6. The highest BCUT2D eigenvalue weighted by molar-refractivity contribution is 6.33. The molecule has 7 heteroatoms. The summed E-state index contributed by atoms with van der Waals surface area (Å²) in [6.07, 6.45) is 0. The quantitative estimate of drug-likeness (QED) is 0.557. The van der Waals surface area contributed by atoms with Gasteiger partial charge in [-0.05, 0) is 49.4 Å². The summed E-state index contributed by atoms with van der Waals surface area (Å²) in [7, 11) is 0. The SMILES string of the molecule is CCOc1ccc(OCNC(=O)Nc2ccc(N)c(Cl)c2)cc1. The van der Waals surface area contributed by atoms with Crippen LogP contribution in [-0.4, -0.2) is 19.4 Å². The van der Waals surface area contributed by atoms with Gasteiger partial charge in [-0.1, -0.05) is 11.6 Å². The van der Waals surface area contributed by atoms with Crippen LogP contribution in [0.5, 0.6) is 11.5 Å². The first-order valence-electron chi connectivity index (χ1n) is 7.04. The van der Waals surface area contributed by atoms with Crippen molar-refractivity contribution >= 4 is 29.0 Å². The van der Waals surface area contributed by atoms with E-state index in [4.69, 9.17) is 26.8 Å². The van der Waals surface area contributed by atoms with Crippen molar-refractivity contribution in [2.75, 3.05) is 24.4 Å². The van der Waals surface area contributed by atoms with Crippen LogP contribution in [0, 0.1) is 0 Å². The van der Waals surface area contributed by atoms with Gasteiger partial charge < -0.3 is 25.8 Å². The Balaban J connectivity index is 1.76. The fraction of sp³-hybridized carbons (Fsp3) is 0.188. The zero-order valence-electron chi connectivity index (χ0n) is 12.6. The molecule has 4 N–H and O–H groups in total. The maximum absolute atomic E-state index is 11.7. The Hall–Kier alpha value is -2.60. The molecule has 0 saturated carbocycles. The lowest BCUT2D eigenvalue weighted by Crippen LogP contribution is -2.32. The van der Waals surface area contributed by atoms with Crippen molar-refractivity contribution in [3.05, 3.63) is 47.5 Å². The van der Waals surface area contributed by atoms with Gasteiger partial charge in [-0.2, -0.15) is 0 Å². The number of hydrogen-bond donors (Lipinski definition) is 3. The van der Waals surface area contributed by atoms with E-state index in [0.717, 1.165) is 5.75 Å². The molecular formula is C16H18ClN3O3. The van der Waals surface area contributed by atoms with E-state index in [1.165, 1.54) is 0 Å². The lowest BCUT2D eigenvalue weighted by atomic mass is 10.3. The number of nitrogens with one attached hydrogen (secondary N) is 2. The molecule has 0 spiro atoms. The van der Waals surface area contributed by atoms with Crippen LogP contribution in [0.3, 0.4) is 0 Å². The molecule has 0 fully saturated rings. The van der Waals surface area contributed by atoms with E-state index in [1.807, 2.05) is 6.92 Å².